The Morgan fingerprint density at radius 3 is 2.33 bits per heavy atom. The first-order valence-electron chi connectivity index (χ1n) is 16.6. The molecule has 0 spiro atoms. The number of nitrogens with zero attached hydrogens (tertiary/aromatic N) is 4. The third-order valence-electron chi connectivity index (χ3n) is 10.5. The molecule has 46 heavy (non-hydrogen) atoms. The normalized spacial score (nSPS) is 25.3. The van der Waals surface area contributed by atoms with Crippen molar-refractivity contribution in [2.24, 2.45) is 37.7 Å². The average molecular weight is 621 g/mol. The van der Waals surface area contributed by atoms with E-state index in [-0.39, 0.29) is 42.3 Å². The van der Waals surface area contributed by atoms with E-state index in [1.54, 1.807) is 6.92 Å². The molecule has 5 aliphatic heterocycles. The Hall–Kier alpha value is -4.04. The maximum absolute atomic E-state index is 13.7. The van der Waals surface area contributed by atoms with Gasteiger partial charge in [0.1, 0.15) is 0 Å². The number of aliphatic hydroxyl groups is 1. The maximum atomic E-state index is 13.7. The summed E-state index contributed by atoms with van der Waals surface area (Å²) in [5.74, 6) is -0.0825. The van der Waals surface area contributed by atoms with Gasteiger partial charge in [-0.3, -0.25) is 14.6 Å². The summed E-state index contributed by atoms with van der Waals surface area (Å²) < 4.78 is 5.00. The van der Waals surface area contributed by atoms with Crippen molar-refractivity contribution < 1.29 is 19.4 Å². The van der Waals surface area contributed by atoms with Gasteiger partial charge in [0.05, 0.1) is 53.1 Å². The second-order valence-corrected chi connectivity index (χ2v) is 13.2. The van der Waals surface area contributed by atoms with Crippen LogP contribution in [-0.4, -0.2) is 52.9 Å². The molecule has 6 rings (SSSR count). The number of carbonyl (C=O) groups excluding carboxylic acids is 2. The van der Waals surface area contributed by atoms with Crippen LogP contribution in [0.1, 0.15) is 87.5 Å². The summed E-state index contributed by atoms with van der Waals surface area (Å²) in [5.41, 5.74) is 13.7. The largest absolute Gasteiger partial charge is 0.469 e. The number of ether oxygens (including phenoxy) is 1. The molecule has 0 saturated heterocycles. The van der Waals surface area contributed by atoms with E-state index in [1.807, 2.05) is 26.0 Å². The van der Waals surface area contributed by atoms with Gasteiger partial charge in [-0.25, -0.2) is 15.0 Å². The summed E-state index contributed by atoms with van der Waals surface area (Å²) in [4.78, 5) is 46.8. The number of methoxy groups -OCH3 is 1. The minimum absolute atomic E-state index is 0.0358. The summed E-state index contributed by atoms with van der Waals surface area (Å²) in [6.07, 6.45) is 5.97. The first-order valence-corrected chi connectivity index (χ1v) is 16.6. The van der Waals surface area contributed by atoms with E-state index in [1.165, 1.54) is 12.7 Å². The van der Waals surface area contributed by atoms with Gasteiger partial charge in [-0.05, 0) is 92.9 Å². The number of ketones is 1. The lowest BCUT2D eigenvalue weighted by atomic mass is 9.83. The molecular weight excluding hydrogens is 576 g/mol. The van der Waals surface area contributed by atoms with Crippen molar-refractivity contribution in [3.8, 4) is 0 Å². The number of allylic oxidation sites excluding steroid dienone is 10. The van der Waals surface area contributed by atoms with Gasteiger partial charge in [-0.1, -0.05) is 27.7 Å². The quantitative estimate of drug-likeness (QED) is 0.307. The Labute approximate surface area is 271 Å². The molecule has 240 valence electrons. The molecule has 8 nitrogen and oxygen atoms in total. The molecule has 6 aliphatic rings. The number of esters is 1. The van der Waals surface area contributed by atoms with Crippen LogP contribution in [0.2, 0.25) is 0 Å². The zero-order valence-corrected chi connectivity index (χ0v) is 28.5. The van der Waals surface area contributed by atoms with E-state index >= 15 is 0 Å². The summed E-state index contributed by atoms with van der Waals surface area (Å²) >= 11 is 0. The SMILES string of the molecule is CCC1=C2C(=O)CC3=C4N=C(C(C)=C5N=C(C=C6N=C(C=C1N=C32)C([C@H](C)CC)=C6C)C([C@@H](C)O)=C5C)[C@H](C)[C@H]4CCC(=O)OC. The van der Waals surface area contributed by atoms with Gasteiger partial charge in [-0.2, -0.15) is 0 Å². The number of hydrogen-bond donors (Lipinski definition) is 1. The van der Waals surface area contributed by atoms with E-state index in [0.717, 1.165) is 79.8 Å². The molecule has 0 aromatic rings. The molecule has 1 N–H and O–H groups in total. The molecule has 0 aromatic heterocycles. The number of rotatable bonds is 7. The number of hydrogen-bond acceptors (Lipinski definition) is 8. The summed E-state index contributed by atoms with van der Waals surface area (Å²) in [7, 11) is 1.41. The lowest BCUT2D eigenvalue weighted by Crippen LogP contribution is -2.19. The van der Waals surface area contributed by atoms with Crippen LogP contribution in [0.5, 0.6) is 0 Å². The highest BCUT2D eigenvalue weighted by molar-refractivity contribution is 6.38. The number of aliphatic hydroxyl groups excluding tert-OH is 1. The molecule has 4 atom stereocenters. The zero-order chi connectivity index (χ0) is 33.2. The maximum Gasteiger partial charge on any atom is 0.305 e. The van der Waals surface area contributed by atoms with Crippen molar-refractivity contribution in [2.45, 2.75) is 93.6 Å². The Morgan fingerprint density at radius 2 is 1.67 bits per heavy atom. The molecule has 0 unspecified atom stereocenters. The second-order valence-electron chi connectivity index (χ2n) is 13.2. The highest BCUT2D eigenvalue weighted by atomic mass is 16.5. The van der Waals surface area contributed by atoms with Crippen LogP contribution in [0.4, 0.5) is 0 Å². The van der Waals surface area contributed by atoms with Crippen molar-refractivity contribution in [3.63, 3.8) is 0 Å². The van der Waals surface area contributed by atoms with Gasteiger partial charge in [0, 0.05) is 47.1 Å². The second kappa shape index (κ2) is 12.0. The third kappa shape index (κ3) is 4.93. The lowest BCUT2D eigenvalue weighted by molar-refractivity contribution is -0.140. The van der Waals surface area contributed by atoms with Crippen molar-refractivity contribution in [1.82, 2.24) is 0 Å². The smallest absolute Gasteiger partial charge is 0.305 e. The minimum atomic E-state index is -0.729. The summed E-state index contributed by atoms with van der Waals surface area (Å²) in [5, 5.41) is 11.0. The summed E-state index contributed by atoms with van der Waals surface area (Å²) in [6, 6.07) is 0. The predicted molar refractivity (Wildman–Crippen MR) is 183 cm³/mol. The fourth-order valence-electron chi connectivity index (χ4n) is 7.92. The number of carbonyl (C=O) groups is 2. The molecule has 8 bridgehead atoms. The van der Waals surface area contributed by atoms with Crippen molar-refractivity contribution >= 4 is 34.6 Å². The van der Waals surface area contributed by atoms with E-state index in [0.29, 0.717) is 24.1 Å². The van der Waals surface area contributed by atoms with Gasteiger partial charge in [0.25, 0.3) is 0 Å². The van der Waals surface area contributed by atoms with Gasteiger partial charge >= 0.3 is 5.97 Å². The first kappa shape index (κ1) is 31.9. The van der Waals surface area contributed by atoms with E-state index < -0.39 is 6.10 Å². The molecule has 0 amide bonds. The Balaban J connectivity index is 1.67. The monoisotopic (exact) mass is 620 g/mol. The van der Waals surface area contributed by atoms with Crippen molar-refractivity contribution in [1.29, 1.82) is 0 Å². The van der Waals surface area contributed by atoms with Crippen LogP contribution in [0.25, 0.3) is 0 Å². The zero-order valence-electron chi connectivity index (χ0n) is 28.5. The molecule has 5 heterocycles. The first-order chi connectivity index (χ1) is 21.9. The lowest BCUT2D eigenvalue weighted by Gasteiger charge is -2.19. The predicted octanol–water partition coefficient (Wildman–Crippen LogP) is 7.06. The van der Waals surface area contributed by atoms with Crippen LogP contribution in [-0.2, 0) is 14.3 Å². The van der Waals surface area contributed by atoms with Crippen LogP contribution in [0, 0.1) is 17.8 Å². The van der Waals surface area contributed by atoms with E-state index in [2.05, 4.69) is 34.6 Å². The van der Waals surface area contributed by atoms with Gasteiger partial charge in [0.15, 0.2) is 5.78 Å². The minimum Gasteiger partial charge on any atom is -0.469 e. The highest BCUT2D eigenvalue weighted by Crippen LogP contribution is 2.47. The molecule has 1 aliphatic carbocycles. The van der Waals surface area contributed by atoms with Crippen molar-refractivity contribution in [3.05, 3.63) is 79.5 Å². The van der Waals surface area contributed by atoms with E-state index in [9.17, 15) is 14.7 Å². The Bertz CT molecular complexity index is 1830. The molecule has 1 saturated carbocycles. The molecule has 1 fully saturated rings. The number of Topliss-reactive ketones (excluding diaryl/α,β-unsaturated/α-hetero) is 1. The standard InChI is InChI=1S/C38H44N4O4/c1-10-17(3)32-19(5)26-15-29-33(22(8)43)20(6)36(41-29)21(7)35-18(4)24(12-13-31(45)46-9)37(42-35)25-14-30(44)34-23(11-2)27(40-38(25)34)16-28(32)39-26/h15-18,22,24,43H,10-14H2,1-9H3/t17-,18-,22-,24-/m1/s1. The topological polar surface area (TPSA) is 113 Å². The Morgan fingerprint density at radius 1 is 0.978 bits per heavy atom. The molecule has 0 radical (unpaired) electrons. The van der Waals surface area contributed by atoms with Crippen LogP contribution < -0.4 is 0 Å². The molecule has 0 aromatic carbocycles. The van der Waals surface area contributed by atoms with E-state index in [4.69, 9.17) is 24.7 Å². The summed E-state index contributed by atoms with van der Waals surface area (Å²) in [6.45, 7) is 16.5. The Kier molecular flexibility index (Phi) is 8.30. The van der Waals surface area contributed by atoms with Gasteiger partial charge in [0.2, 0.25) is 0 Å². The number of aliphatic imine (C=N–C) groups is 4. The van der Waals surface area contributed by atoms with Crippen LogP contribution in [0.15, 0.2) is 99.5 Å². The third-order valence-corrected chi connectivity index (χ3v) is 10.5. The van der Waals surface area contributed by atoms with Crippen molar-refractivity contribution in [2.75, 3.05) is 7.11 Å². The van der Waals surface area contributed by atoms with Crippen LogP contribution in [0.3, 0.4) is 0 Å². The molecule has 8 heteroatoms. The number of fused-ring (bicyclic) bond motifs is 4. The fraction of sp³-hybridized carbons (Fsp3) is 0.474. The van der Waals surface area contributed by atoms with Gasteiger partial charge in [-0.15, -0.1) is 0 Å². The fourth-order valence-corrected chi connectivity index (χ4v) is 7.92. The van der Waals surface area contributed by atoms with Gasteiger partial charge < -0.3 is 9.84 Å². The van der Waals surface area contributed by atoms with Crippen LogP contribution >= 0.6 is 0 Å². The highest BCUT2D eigenvalue weighted by Gasteiger charge is 2.43. The average Bonchev–Trinajstić information content (AvgIpc) is 3.79. The molecular formula is C38H44N4O4.